The van der Waals surface area contributed by atoms with Gasteiger partial charge in [0.15, 0.2) is 0 Å². The Morgan fingerprint density at radius 1 is 0.291 bits per heavy atom. The van der Waals surface area contributed by atoms with E-state index in [2.05, 4.69) is 198 Å². The van der Waals surface area contributed by atoms with Crippen LogP contribution in [0.1, 0.15) is 55.5 Å². The van der Waals surface area contributed by atoms with Gasteiger partial charge >= 0.3 is 0 Å². The lowest BCUT2D eigenvalue weighted by atomic mass is 9.78. The second-order valence-corrected chi connectivity index (χ2v) is 16.9. The molecule has 0 heterocycles. The number of hydrogen-bond acceptors (Lipinski definition) is 0. The van der Waals surface area contributed by atoms with Gasteiger partial charge in [-0.15, -0.1) is 0 Å². The maximum Gasteiger partial charge on any atom is 0.0159 e. The normalized spacial score (nSPS) is 14.6. The third-order valence-electron chi connectivity index (χ3n) is 13.1. The molecule has 0 bridgehead atoms. The molecule has 0 N–H and O–H groups in total. The van der Waals surface area contributed by atoms with E-state index in [1.807, 2.05) is 0 Å². The Morgan fingerprint density at radius 2 is 0.800 bits per heavy atom. The summed E-state index contributed by atoms with van der Waals surface area (Å²) >= 11 is 0. The molecule has 2 aliphatic rings. The van der Waals surface area contributed by atoms with E-state index in [4.69, 9.17) is 0 Å². The van der Waals surface area contributed by atoms with Crippen LogP contribution in [0.25, 0.3) is 88.0 Å². The number of aryl methyl sites for hydroxylation is 1. The van der Waals surface area contributed by atoms with Gasteiger partial charge in [-0.25, -0.2) is 0 Å². The average molecular weight is 703 g/mol. The number of fused-ring (bicyclic) bond motifs is 10. The van der Waals surface area contributed by atoms with E-state index in [9.17, 15) is 0 Å². The smallest absolute Gasteiger partial charge is 0.0159 e. The van der Waals surface area contributed by atoms with Crippen molar-refractivity contribution in [3.05, 3.63) is 192 Å². The van der Waals surface area contributed by atoms with Gasteiger partial charge in [0.1, 0.15) is 0 Å². The third-order valence-corrected chi connectivity index (χ3v) is 13.1. The van der Waals surface area contributed by atoms with Crippen molar-refractivity contribution in [2.24, 2.45) is 0 Å². The molecule has 0 fully saturated rings. The van der Waals surface area contributed by atoms with Gasteiger partial charge in [0.2, 0.25) is 0 Å². The molecule has 0 nitrogen and oxygen atoms in total. The minimum atomic E-state index is -0.127. The summed E-state index contributed by atoms with van der Waals surface area (Å²) in [6.07, 6.45) is 0. The highest BCUT2D eigenvalue weighted by Gasteiger charge is 2.38. The highest BCUT2D eigenvalue weighted by Crippen LogP contribution is 2.56. The van der Waals surface area contributed by atoms with Crippen molar-refractivity contribution in [2.75, 3.05) is 0 Å². The van der Waals surface area contributed by atoms with Crippen molar-refractivity contribution < 1.29 is 0 Å². The first-order valence-electron chi connectivity index (χ1n) is 19.7. The third kappa shape index (κ3) is 4.46. The van der Waals surface area contributed by atoms with Gasteiger partial charge in [-0.3, -0.25) is 0 Å². The minimum absolute atomic E-state index is 0.0835. The summed E-state index contributed by atoms with van der Waals surface area (Å²) in [6.45, 7) is 11.7. The SMILES string of the molecule is Cc1ccc(-c2ccc3c(-c4ccc5c(c4)C(C)(C)c4ccccc4-5)c4ccccc4c(-c4cc5c(c6ccccc46)-c4ccccc4C5(C)C)c3c2)cc1. The minimum Gasteiger partial charge on any atom is -0.0619 e. The molecule has 0 spiro atoms. The zero-order valence-electron chi connectivity index (χ0n) is 32.1. The lowest BCUT2D eigenvalue weighted by Crippen LogP contribution is -2.15. The van der Waals surface area contributed by atoms with E-state index < -0.39 is 0 Å². The first-order chi connectivity index (χ1) is 26.7. The van der Waals surface area contributed by atoms with Crippen LogP contribution in [0.3, 0.4) is 0 Å². The molecule has 9 aromatic rings. The fourth-order valence-corrected chi connectivity index (χ4v) is 10.3. The van der Waals surface area contributed by atoms with Crippen molar-refractivity contribution in [2.45, 2.75) is 45.4 Å². The van der Waals surface area contributed by atoms with E-state index >= 15 is 0 Å². The Kier molecular flexibility index (Phi) is 6.67. The fourth-order valence-electron chi connectivity index (χ4n) is 10.3. The number of benzene rings is 9. The van der Waals surface area contributed by atoms with E-state index in [0.717, 1.165) is 0 Å². The van der Waals surface area contributed by atoms with Gasteiger partial charge in [-0.1, -0.05) is 179 Å². The van der Waals surface area contributed by atoms with Crippen LogP contribution in [0.2, 0.25) is 0 Å². The molecule has 55 heavy (non-hydrogen) atoms. The molecular formula is C55H42. The predicted octanol–water partition coefficient (Wildman–Crippen LogP) is 15.1. The molecule has 262 valence electrons. The first kappa shape index (κ1) is 32.2. The molecule has 9 aromatic carbocycles. The van der Waals surface area contributed by atoms with Crippen molar-refractivity contribution in [3.63, 3.8) is 0 Å². The van der Waals surface area contributed by atoms with Crippen molar-refractivity contribution >= 4 is 32.3 Å². The van der Waals surface area contributed by atoms with Gasteiger partial charge in [-0.05, 0) is 135 Å². The maximum absolute atomic E-state index is 2.55. The van der Waals surface area contributed by atoms with Crippen LogP contribution in [0.15, 0.2) is 164 Å². The Balaban J connectivity index is 1.26. The largest absolute Gasteiger partial charge is 0.0619 e. The summed E-state index contributed by atoms with van der Waals surface area (Å²) in [5.41, 5.74) is 19.8. The molecular weight excluding hydrogens is 661 g/mol. The molecule has 11 rings (SSSR count). The Labute approximate surface area is 323 Å². The van der Waals surface area contributed by atoms with Crippen LogP contribution in [0, 0.1) is 6.92 Å². The average Bonchev–Trinajstić information content (AvgIpc) is 3.59. The van der Waals surface area contributed by atoms with Gasteiger partial charge in [0, 0.05) is 10.8 Å². The molecule has 0 saturated heterocycles. The highest BCUT2D eigenvalue weighted by atomic mass is 14.4. The fraction of sp³-hybridized carbons (Fsp3) is 0.127. The molecule has 0 saturated carbocycles. The summed E-state index contributed by atoms with van der Waals surface area (Å²) in [7, 11) is 0. The zero-order chi connectivity index (χ0) is 37.2. The predicted molar refractivity (Wildman–Crippen MR) is 235 cm³/mol. The van der Waals surface area contributed by atoms with Crippen LogP contribution < -0.4 is 0 Å². The highest BCUT2D eigenvalue weighted by molar-refractivity contribution is 6.25. The van der Waals surface area contributed by atoms with E-state index in [0.29, 0.717) is 0 Å². The molecule has 2 aliphatic carbocycles. The monoisotopic (exact) mass is 702 g/mol. The summed E-state index contributed by atoms with van der Waals surface area (Å²) in [4.78, 5) is 0. The molecule has 0 radical (unpaired) electrons. The van der Waals surface area contributed by atoms with Gasteiger partial charge in [-0.2, -0.15) is 0 Å². The molecule has 0 heteroatoms. The number of rotatable bonds is 3. The van der Waals surface area contributed by atoms with Gasteiger partial charge in [0.25, 0.3) is 0 Å². The Hall–Kier alpha value is -6.24. The molecule has 0 aliphatic heterocycles. The van der Waals surface area contributed by atoms with Crippen LogP contribution in [0.4, 0.5) is 0 Å². The van der Waals surface area contributed by atoms with Crippen LogP contribution in [-0.2, 0) is 10.8 Å². The van der Waals surface area contributed by atoms with Crippen LogP contribution in [-0.4, -0.2) is 0 Å². The van der Waals surface area contributed by atoms with E-state index in [1.54, 1.807) is 0 Å². The van der Waals surface area contributed by atoms with Gasteiger partial charge < -0.3 is 0 Å². The molecule has 0 aromatic heterocycles. The summed E-state index contributed by atoms with van der Waals surface area (Å²) in [5.74, 6) is 0. The second kappa shape index (κ2) is 11.4. The quantitative estimate of drug-likeness (QED) is 0.161. The molecule has 0 unspecified atom stereocenters. The maximum atomic E-state index is 2.55. The van der Waals surface area contributed by atoms with Crippen LogP contribution in [0.5, 0.6) is 0 Å². The standard InChI is InChI=1S/C55H42/c1-33-22-24-34(25-23-33)35-26-29-43-45(30-35)52(46-32-50-53(40-16-7-6-14-37(40)46)44-19-11-13-21-48(44)55(50,4)5)42-18-9-8-17-41(42)51(43)36-27-28-39-38-15-10-12-20-47(38)54(2,3)49(39)31-36/h6-32H,1-5H3. The van der Waals surface area contributed by atoms with E-state index in [1.165, 1.54) is 116 Å². The number of hydrogen-bond donors (Lipinski definition) is 0. The lowest BCUT2D eigenvalue weighted by molar-refractivity contribution is 0.660. The van der Waals surface area contributed by atoms with Crippen molar-refractivity contribution in [1.82, 2.24) is 0 Å². The topological polar surface area (TPSA) is 0 Å². The lowest BCUT2D eigenvalue weighted by Gasteiger charge is -2.25. The summed E-state index contributed by atoms with van der Waals surface area (Å²) in [6, 6.07) is 62.2. The van der Waals surface area contributed by atoms with Crippen molar-refractivity contribution in [1.29, 1.82) is 0 Å². The summed E-state index contributed by atoms with van der Waals surface area (Å²) < 4.78 is 0. The van der Waals surface area contributed by atoms with E-state index in [-0.39, 0.29) is 10.8 Å². The Bertz CT molecular complexity index is 3080. The zero-order valence-corrected chi connectivity index (χ0v) is 32.1. The Morgan fingerprint density at radius 3 is 1.53 bits per heavy atom. The molecule has 0 atom stereocenters. The first-order valence-corrected chi connectivity index (χ1v) is 19.7. The second-order valence-electron chi connectivity index (χ2n) is 16.9. The molecule has 0 amide bonds. The van der Waals surface area contributed by atoms with Crippen LogP contribution >= 0.6 is 0 Å². The summed E-state index contributed by atoms with van der Waals surface area (Å²) in [5, 5.41) is 7.76. The van der Waals surface area contributed by atoms with Crippen molar-refractivity contribution in [3.8, 4) is 55.6 Å². The van der Waals surface area contributed by atoms with Gasteiger partial charge in [0.05, 0.1) is 0 Å².